The Kier molecular flexibility index (Phi) is 5.58. The fourth-order valence-corrected chi connectivity index (χ4v) is 2.20. The minimum absolute atomic E-state index is 0.174. The number of benzene rings is 2. The maximum atomic E-state index is 12.1. The van der Waals surface area contributed by atoms with Gasteiger partial charge in [-0.2, -0.15) is 0 Å². The van der Waals surface area contributed by atoms with Crippen molar-refractivity contribution >= 4 is 23.2 Å². The zero-order valence-corrected chi connectivity index (χ0v) is 13.8. The highest BCUT2D eigenvalue weighted by molar-refractivity contribution is 6.30. The number of halogens is 1. The van der Waals surface area contributed by atoms with E-state index in [0.29, 0.717) is 17.3 Å². The molecule has 1 N–H and O–H groups in total. The van der Waals surface area contributed by atoms with Gasteiger partial charge in [0.15, 0.2) is 0 Å². The van der Waals surface area contributed by atoms with Crippen LogP contribution in [0, 0.1) is 13.8 Å². The highest BCUT2D eigenvalue weighted by Crippen LogP contribution is 2.15. The molecule has 0 spiro atoms. The summed E-state index contributed by atoms with van der Waals surface area (Å²) >= 11 is 5.82. The van der Waals surface area contributed by atoms with Gasteiger partial charge in [-0.25, -0.2) is 0 Å². The van der Waals surface area contributed by atoms with Crippen LogP contribution in [0.15, 0.2) is 42.5 Å². The van der Waals surface area contributed by atoms with E-state index in [1.807, 2.05) is 19.1 Å². The van der Waals surface area contributed by atoms with Crippen molar-refractivity contribution in [2.45, 2.75) is 33.5 Å². The van der Waals surface area contributed by atoms with Crippen LogP contribution in [-0.2, 0) is 16.1 Å². The summed E-state index contributed by atoms with van der Waals surface area (Å²) in [5.74, 6) is -0.174. The Balaban J connectivity index is 1.89. The molecule has 2 aromatic rings. The van der Waals surface area contributed by atoms with Gasteiger partial charge < -0.3 is 10.1 Å². The van der Waals surface area contributed by atoms with Crippen LogP contribution in [0.3, 0.4) is 0 Å². The zero-order valence-electron chi connectivity index (χ0n) is 13.0. The van der Waals surface area contributed by atoms with Crippen molar-refractivity contribution in [1.82, 2.24) is 0 Å². The van der Waals surface area contributed by atoms with E-state index in [2.05, 4.69) is 18.3 Å². The molecule has 1 atom stereocenters. The minimum Gasteiger partial charge on any atom is -0.364 e. The van der Waals surface area contributed by atoms with Gasteiger partial charge in [-0.1, -0.05) is 35.4 Å². The molecule has 22 heavy (non-hydrogen) atoms. The molecule has 0 bridgehead atoms. The number of aryl methyl sites for hydroxylation is 2. The number of rotatable bonds is 5. The van der Waals surface area contributed by atoms with Crippen molar-refractivity contribution in [3.8, 4) is 0 Å². The van der Waals surface area contributed by atoms with Gasteiger partial charge in [0.2, 0.25) is 0 Å². The van der Waals surface area contributed by atoms with Crippen molar-refractivity contribution in [2.24, 2.45) is 0 Å². The lowest BCUT2D eigenvalue weighted by molar-refractivity contribution is -0.127. The van der Waals surface area contributed by atoms with E-state index in [1.165, 1.54) is 11.1 Å². The third kappa shape index (κ3) is 4.58. The number of amides is 1. The number of ether oxygens (including phenoxy) is 1. The van der Waals surface area contributed by atoms with E-state index in [1.54, 1.807) is 31.2 Å². The summed E-state index contributed by atoms with van der Waals surface area (Å²) in [7, 11) is 0. The lowest BCUT2D eigenvalue weighted by atomic mass is 10.1. The highest BCUT2D eigenvalue weighted by atomic mass is 35.5. The monoisotopic (exact) mass is 317 g/mol. The molecule has 0 saturated heterocycles. The topological polar surface area (TPSA) is 38.3 Å². The molecular weight excluding hydrogens is 298 g/mol. The first-order valence-corrected chi connectivity index (χ1v) is 7.57. The van der Waals surface area contributed by atoms with Gasteiger partial charge in [0.25, 0.3) is 5.91 Å². The van der Waals surface area contributed by atoms with E-state index in [9.17, 15) is 4.79 Å². The molecule has 1 amide bonds. The summed E-state index contributed by atoms with van der Waals surface area (Å²) in [5.41, 5.74) is 4.19. The van der Waals surface area contributed by atoms with Gasteiger partial charge in [0, 0.05) is 10.7 Å². The molecule has 2 aromatic carbocycles. The lowest BCUT2D eigenvalue weighted by Gasteiger charge is -2.15. The van der Waals surface area contributed by atoms with Crippen LogP contribution in [0.4, 0.5) is 5.69 Å². The van der Waals surface area contributed by atoms with Crippen molar-refractivity contribution in [2.75, 3.05) is 5.32 Å². The average Bonchev–Trinajstić information content (AvgIpc) is 2.48. The second-order valence-corrected chi connectivity index (χ2v) is 5.82. The van der Waals surface area contributed by atoms with Crippen LogP contribution in [0.2, 0.25) is 5.02 Å². The van der Waals surface area contributed by atoms with E-state index in [-0.39, 0.29) is 5.91 Å². The molecule has 0 heterocycles. The maximum Gasteiger partial charge on any atom is 0.253 e. The first-order valence-electron chi connectivity index (χ1n) is 7.20. The third-order valence-corrected chi connectivity index (χ3v) is 3.72. The van der Waals surface area contributed by atoms with Gasteiger partial charge >= 0.3 is 0 Å². The molecule has 3 nitrogen and oxygen atoms in total. The Morgan fingerprint density at radius 1 is 1.18 bits per heavy atom. The third-order valence-electron chi connectivity index (χ3n) is 3.47. The summed E-state index contributed by atoms with van der Waals surface area (Å²) in [5, 5.41) is 3.44. The van der Waals surface area contributed by atoms with Gasteiger partial charge in [-0.05, 0) is 56.2 Å². The van der Waals surface area contributed by atoms with Crippen molar-refractivity contribution in [3.05, 3.63) is 64.2 Å². The Bertz CT molecular complexity index is 653. The first kappa shape index (κ1) is 16.5. The van der Waals surface area contributed by atoms with Crippen molar-refractivity contribution < 1.29 is 9.53 Å². The molecule has 0 radical (unpaired) electrons. The summed E-state index contributed by atoms with van der Waals surface area (Å²) in [6.07, 6.45) is -0.531. The largest absolute Gasteiger partial charge is 0.364 e. The average molecular weight is 318 g/mol. The number of hydrogen-bond donors (Lipinski definition) is 1. The molecule has 2 rings (SSSR count). The summed E-state index contributed by atoms with van der Waals surface area (Å²) in [6.45, 7) is 6.26. The molecule has 0 aromatic heterocycles. The van der Waals surface area contributed by atoms with Gasteiger partial charge in [0.1, 0.15) is 6.10 Å². The summed E-state index contributed by atoms with van der Waals surface area (Å²) in [6, 6.07) is 13.2. The maximum absolute atomic E-state index is 12.1. The van der Waals surface area contributed by atoms with Crippen LogP contribution in [0.25, 0.3) is 0 Å². The Morgan fingerprint density at radius 2 is 1.86 bits per heavy atom. The smallest absolute Gasteiger partial charge is 0.253 e. The van der Waals surface area contributed by atoms with Crippen LogP contribution in [0.5, 0.6) is 0 Å². The normalized spacial score (nSPS) is 12.0. The van der Waals surface area contributed by atoms with Gasteiger partial charge in [0.05, 0.1) is 6.61 Å². The number of carbonyl (C=O) groups excluding carboxylic acids is 1. The second-order valence-electron chi connectivity index (χ2n) is 5.38. The number of carbonyl (C=O) groups is 1. The molecule has 4 heteroatoms. The van der Waals surface area contributed by atoms with Crippen LogP contribution in [0.1, 0.15) is 23.6 Å². The molecule has 0 aliphatic rings. The van der Waals surface area contributed by atoms with Crippen molar-refractivity contribution in [1.29, 1.82) is 0 Å². The first-order chi connectivity index (χ1) is 10.5. The molecule has 0 saturated carbocycles. The Labute approximate surface area is 136 Å². The summed E-state index contributed by atoms with van der Waals surface area (Å²) in [4.78, 5) is 12.1. The number of anilines is 1. The van der Waals surface area contributed by atoms with Crippen LogP contribution in [-0.4, -0.2) is 12.0 Å². The van der Waals surface area contributed by atoms with Gasteiger partial charge in [-0.3, -0.25) is 4.79 Å². The van der Waals surface area contributed by atoms with E-state index in [0.717, 1.165) is 5.56 Å². The Hall–Kier alpha value is -1.84. The molecule has 0 aliphatic carbocycles. The van der Waals surface area contributed by atoms with E-state index < -0.39 is 6.10 Å². The molecule has 1 unspecified atom stereocenters. The lowest BCUT2D eigenvalue weighted by Crippen LogP contribution is -2.27. The Morgan fingerprint density at radius 3 is 2.50 bits per heavy atom. The SMILES string of the molecule is Cc1ccc(COC(C)C(=O)Nc2ccc(Cl)cc2)c(C)c1. The standard InChI is InChI=1S/C18H20ClNO2/c1-12-4-5-15(13(2)10-12)11-22-14(3)18(21)20-17-8-6-16(19)7-9-17/h4-10,14H,11H2,1-3H3,(H,20,21). The molecule has 0 aliphatic heterocycles. The predicted octanol–water partition coefficient (Wildman–Crippen LogP) is 4.50. The molecule has 0 fully saturated rings. The quantitative estimate of drug-likeness (QED) is 0.881. The predicted molar refractivity (Wildman–Crippen MR) is 90.2 cm³/mol. The molecular formula is C18H20ClNO2. The van der Waals surface area contributed by atoms with Crippen molar-refractivity contribution in [3.63, 3.8) is 0 Å². The van der Waals surface area contributed by atoms with E-state index >= 15 is 0 Å². The fraction of sp³-hybridized carbons (Fsp3) is 0.278. The highest BCUT2D eigenvalue weighted by Gasteiger charge is 2.14. The molecule has 116 valence electrons. The van der Waals surface area contributed by atoms with Crippen LogP contribution >= 0.6 is 11.6 Å². The zero-order chi connectivity index (χ0) is 16.1. The number of nitrogens with one attached hydrogen (secondary N) is 1. The minimum atomic E-state index is -0.531. The van der Waals surface area contributed by atoms with E-state index in [4.69, 9.17) is 16.3 Å². The van der Waals surface area contributed by atoms with Crippen LogP contribution < -0.4 is 5.32 Å². The summed E-state index contributed by atoms with van der Waals surface area (Å²) < 4.78 is 5.67. The number of hydrogen-bond acceptors (Lipinski definition) is 2. The van der Waals surface area contributed by atoms with Gasteiger partial charge in [-0.15, -0.1) is 0 Å². The fourth-order valence-electron chi connectivity index (χ4n) is 2.08. The second kappa shape index (κ2) is 7.43.